The summed E-state index contributed by atoms with van der Waals surface area (Å²) >= 11 is 0. The average molecular weight is 466 g/mol. The Kier molecular flexibility index (Phi) is 6.59. The fraction of sp³-hybridized carbons (Fsp3) is 0.500. The number of nitrogens with zero attached hydrogens (tertiary/aromatic N) is 4. The molecule has 1 saturated carbocycles. The highest BCUT2D eigenvalue weighted by Crippen LogP contribution is 2.25. The highest BCUT2D eigenvalue weighted by atomic mass is 16.5. The number of rotatable bonds is 6. The molecule has 2 aromatic rings. The first-order valence-electron chi connectivity index (χ1n) is 11.9. The number of carbonyl (C=O) groups excluding carboxylic acids is 2. The summed E-state index contributed by atoms with van der Waals surface area (Å²) in [5.74, 6) is 1.53. The fourth-order valence-corrected chi connectivity index (χ4v) is 4.25. The van der Waals surface area contributed by atoms with Crippen LogP contribution in [0.4, 0.5) is 16.3 Å². The summed E-state index contributed by atoms with van der Waals surface area (Å²) in [5, 5.41) is 8.66. The van der Waals surface area contributed by atoms with Crippen LogP contribution in [0.2, 0.25) is 0 Å². The van der Waals surface area contributed by atoms with Gasteiger partial charge in [-0.1, -0.05) is 0 Å². The molecule has 1 aromatic carbocycles. The van der Waals surface area contributed by atoms with Crippen LogP contribution in [0.3, 0.4) is 0 Å². The summed E-state index contributed by atoms with van der Waals surface area (Å²) in [7, 11) is 0. The number of ether oxygens (including phenoxy) is 1. The van der Waals surface area contributed by atoms with Gasteiger partial charge in [0.15, 0.2) is 5.82 Å². The standard InChI is InChI=1S/C24H31N7O3/c1-16-15-34-11-10-31(16)21-12-20(13-30-9-8-25-22(32)14-30)26-23(29-21)17-2-4-18(5-3-17)27-24(33)28-19-6-7-19/h2-5,12,16,19H,6-11,13-15H2,1H3,(H,25,32)(H2,27,28,33)/t16-/m0/s1. The van der Waals surface area contributed by atoms with Gasteiger partial charge in [-0.05, 0) is 44.0 Å². The van der Waals surface area contributed by atoms with Crippen LogP contribution < -0.4 is 20.9 Å². The van der Waals surface area contributed by atoms with E-state index in [0.29, 0.717) is 44.7 Å². The molecule has 2 aliphatic heterocycles. The van der Waals surface area contributed by atoms with Crippen molar-refractivity contribution in [2.75, 3.05) is 49.6 Å². The van der Waals surface area contributed by atoms with Crippen LogP contribution in [-0.4, -0.2) is 78.3 Å². The monoisotopic (exact) mass is 465 g/mol. The lowest BCUT2D eigenvalue weighted by atomic mass is 10.1. The third kappa shape index (κ3) is 5.63. The van der Waals surface area contributed by atoms with Crippen molar-refractivity contribution in [2.24, 2.45) is 0 Å². The van der Waals surface area contributed by atoms with Gasteiger partial charge in [0.2, 0.25) is 5.91 Å². The lowest BCUT2D eigenvalue weighted by molar-refractivity contribution is -0.124. The smallest absolute Gasteiger partial charge is 0.319 e. The quantitative estimate of drug-likeness (QED) is 0.594. The molecule has 3 heterocycles. The van der Waals surface area contributed by atoms with Crippen molar-refractivity contribution in [3.63, 3.8) is 0 Å². The number of benzene rings is 1. The van der Waals surface area contributed by atoms with E-state index in [0.717, 1.165) is 48.7 Å². The Morgan fingerprint density at radius 1 is 1.21 bits per heavy atom. The lowest BCUT2D eigenvalue weighted by Crippen LogP contribution is -2.47. The largest absolute Gasteiger partial charge is 0.377 e. The van der Waals surface area contributed by atoms with Gasteiger partial charge in [-0.15, -0.1) is 0 Å². The van der Waals surface area contributed by atoms with Gasteiger partial charge < -0.3 is 25.6 Å². The molecule has 0 radical (unpaired) electrons. The minimum atomic E-state index is -0.178. The van der Waals surface area contributed by atoms with Gasteiger partial charge in [0.1, 0.15) is 5.82 Å². The third-order valence-electron chi connectivity index (χ3n) is 6.24. The number of hydrogen-bond donors (Lipinski definition) is 3. The number of hydrogen-bond acceptors (Lipinski definition) is 7. The first kappa shape index (κ1) is 22.5. The fourth-order valence-electron chi connectivity index (χ4n) is 4.25. The summed E-state index contributed by atoms with van der Waals surface area (Å²) in [6.45, 7) is 6.59. The summed E-state index contributed by atoms with van der Waals surface area (Å²) in [4.78, 5) is 37.9. The zero-order valence-corrected chi connectivity index (χ0v) is 19.4. The van der Waals surface area contributed by atoms with Gasteiger partial charge in [-0.3, -0.25) is 9.69 Å². The van der Waals surface area contributed by atoms with E-state index in [1.807, 2.05) is 30.3 Å². The molecule has 1 atom stereocenters. The van der Waals surface area contributed by atoms with Gasteiger partial charge in [0, 0.05) is 49.5 Å². The zero-order valence-electron chi connectivity index (χ0n) is 19.4. The van der Waals surface area contributed by atoms with Crippen molar-refractivity contribution in [1.29, 1.82) is 0 Å². The molecule has 10 nitrogen and oxygen atoms in total. The summed E-state index contributed by atoms with van der Waals surface area (Å²) < 4.78 is 5.61. The molecule has 10 heteroatoms. The van der Waals surface area contributed by atoms with Crippen molar-refractivity contribution in [3.8, 4) is 11.4 Å². The minimum Gasteiger partial charge on any atom is -0.377 e. The number of amides is 3. The summed E-state index contributed by atoms with van der Waals surface area (Å²) in [6.07, 6.45) is 2.10. The number of nitrogens with one attached hydrogen (secondary N) is 3. The Morgan fingerprint density at radius 2 is 2.03 bits per heavy atom. The highest BCUT2D eigenvalue weighted by Gasteiger charge is 2.24. The Bertz CT molecular complexity index is 1040. The van der Waals surface area contributed by atoms with E-state index in [4.69, 9.17) is 14.7 Å². The highest BCUT2D eigenvalue weighted by molar-refractivity contribution is 5.89. The first-order chi connectivity index (χ1) is 16.5. The van der Waals surface area contributed by atoms with Crippen LogP contribution in [0.25, 0.3) is 11.4 Å². The van der Waals surface area contributed by atoms with Crippen molar-refractivity contribution < 1.29 is 14.3 Å². The van der Waals surface area contributed by atoms with E-state index < -0.39 is 0 Å². The maximum atomic E-state index is 12.0. The third-order valence-corrected chi connectivity index (χ3v) is 6.24. The van der Waals surface area contributed by atoms with E-state index in [-0.39, 0.29) is 18.0 Å². The Balaban J connectivity index is 1.38. The maximum absolute atomic E-state index is 12.0. The summed E-state index contributed by atoms with van der Waals surface area (Å²) in [5.41, 5.74) is 2.47. The van der Waals surface area contributed by atoms with Gasteiger partial charge in [-0.25, -0.2) is 14.8 Å². The van der Waals surface area contributed by atoms with Gasteiger partial charge >= 0.3 is 6.03 Å². The van der Waals surface area contributed by atoms with Crippen molar-refractivity contribution >= 4 is 23.4 Å². The molecule has 3 N–H and O–H groups in total. The van der Waals surface area contributed by atoms with Gasteiger partial charge in [0.05, 0.1) is 31.5 Å². The topological polar surface area (TPSA) is 112 Å². The van der Waals surface area contributed by atoms with E-state index in [1.165, 1.54) is 0 Å². The second kappa shape index (κ2) is 9.94. The average Bonchev–Trinajstić information content (AvgIpc) is 3.63. The van der Waals surface area contributed by atoms with Crippen LogP contribution in [0.15, 0.2) is 30.3 Å². The second-order valence-electron chi connectivity index (χ2n) is 9.17. The lowest BCUT2D eigenvalue weighted by Gasteiger charge is -2.34. The van der Waals surface area contributed by atoms with Crippen LogP contribution in [-0.2, 0) is 16.1 Å². The van der Waals surface area contributed by atoms with Crippen molar-refractivity contribution in [3.05, 3.63) is 36.0 Å². The maximum Gasteiger partial charge on any atom is 0.319 e. The predicted molar refractivity (Wildman–Crippen MR) is 129 cm³/mol. The number of morpholine rings is 1. The SMILES string of the molecule is C[C@H]1COCCN1c1cc(CN2CCNC(=O)C2)nc(-c2ccc(NC(=O)NC3CC3)cc2)n1. The Morgan fingerprint density at radius 3 is 2.76 bits per heavy atom. The molecule has 3 aliphatic rings. The van der Waals surface area contributed by atoms with Crippen LogP contribution in [0.1, 0.15) is 25.5 Å². The number of anilines is 2. The number of aromatic nitrogens is 2. The molecule has 5 rings (SSSR count). The molecule has 1 aromatic heterocycles. The molecular weight excluding hydrogens is 434 g/mol. The van der Waals surface area contributed by atoms with E-state index in [9.17, 15) is 9.59 Å². The molecule has 3 amide bonds. The zero-order chi connectivity index (χ0) is 23.5. The van der Waals surface area contributed by atoms with Crippen molar-refractivity contribution in [1.82, 2.24) is 25.5 Å². The normalized spacial score (nSPS) is 21.1. The van der Waals surface area contributed by atoms with Crippen LogP contribution in [0, 0.1) is 0 Å². The van der Waals surface area contributed by atoms with E-state index in [2.05, 4.69) is 32.7 Å². The number of carbonyl (C=O) groups is 2. The van der Waals surface area contributed by atoms with Gasteiger partial charge in [0.25, 0.3) is 0 Å². The molecular formula is C24H31N7O3. The first-order valence-corrected chi connectivity index (χ1v) is 11.9. The molecule has 2 saturated heterocycles. The molecule has 0 unspecified atom stereocenters. The van der Waals surface area contributed by atoms with E-state index in [1.54, 1.807) is 0 Å². The minimum absolute atomic E-state index is 0.0383. The molecule has 1 aliphatic carbocycles. The Hall–Kier alpha value is -3.24. The molecule has 0 spiro atoms. The molecule has 0 bridgehead atoms. The number of urea groups is 1. The molecule has 180 valence electrons. The molecule has 34 heavy (non-hydrogen) atoms. The summed E-state index contributed by atoms with van der Waals surface area (Å²) in [6, 6.07) is 9.94. The van der Waals surface area contributed by atoms with E-state index >= 15 is 0 Å². The Labute approximate surface area is 199 Å². The second-order valence-corrected chi connectivity index (χ2v) is 9.17. The molecule has 3 fully saturated rings. The predicted octanol–water partition coefficient (Wildman–Crippen LogP) is 1.58. The van der Waals surface area contributed by atoms with Crippen LogP contribution >= 0.6 is 0 Å². The van der Waals surface area contributed by atoms with Gasteiger partial charge in [-0.2, -0.15) is 0 Å². The van der Waals surface area contributed by atoms with Crippen molar-refractivity contribution in [2.45, 2.75) is 38.4 Å². The number of piperazine rings is 1. The van der Waals surface area contributed by atoms with Crippen LogP contribution in [0.5, 0.6) is 0 Å².